The molecule has 1 amide bonds. The Balaban J connectivity index is 3.44. The van der Waals surface area contributed by atoms with Crippen molar-refractivity contribution in [1.29, 1.82) is 0 Å². The molecule has 65 heavy (non-hydrogen) atoms. The fourth-order valence-electron chi connectivity index (χ4n) is 9.28. The Morgan fingerprint density at radius 3 is 1.09 bits per heavy atom. The molecule has 2 unspecified atom stereocenters. The molecule has 0 aromatic heterocycles. The molecule has 0 radical (unpaired) electrons. The van der Waals surface area contributed by atoms with Gasteiger partial charge in [-0.05, 0) is 51.4 Å². The lowest BCUT2D eigenvalue weighted by Gasteiger charge is -2.22. The minimum absolute atomic E-state index is 0.00502. The van der Waals surface area contributed by atoms with Crippen LogP contribution in [-0.4, -0.2) is 47.4 Å². The van der Waals surface area contributed by atoms with Crippen LogP contribution in [0.25, 0.3) is 0 Å². The molecule has 3 N–H and O–H groups in total. The van der Waals surface area contributed by atoms with E-state index in [0.717, 1.165) is 70.6 Å². The van der Waals surface area contributed by atoms with Crippen LogP contribution in [0.15, 0.2) is 12.2 Å². The molecule has 6 heteroatoms. The van der Waals surface area contributed by atoms with Crippen LogP contribution >= 0.6 is 0 Å². The summed E-state index contributed by atoms with van der Waals surface area (Å²) < 4.78 is 5.48. The molecule has 0 aliphatic carbocycles. The van der Waals surface area contributed by atoms with Crippen molar-refractivity contribution < 1.29 is 24.5 Å². The molecule has 0 aromatic carbocycles. The first-order chi connectivity index (χ1) is 32.0. The number of carbonyl (C=O) groups excluding carboxylic acids is 2. The maximum Gasteiger partial charge on any atom is 0.305 e. The highest BCUT2D eigenvalue weighted by atomic mass is 16.5. The van der Waals surface area contributed by atoms with E-state index in [1.165, 1.54) is 225 Å². The predicted octanol–water partition coefficient (Wildman–Crippen LogP) is 18.1. The number of unbranched alkanes of at least 4 members (excludes halogenated alkanes) is 42. The summed E-state index contributed by atoms with van der Waals surface area (Å²) in [6.07, 6.45) is 64.9. The molecule has 0 aliphatic heterocycles. The van der Waals surface area contributed by atoms with Crippen molar-refractivity contribution in [2.24, 2.45) is 0 Å². The zero-order valence-corrected chi connectivity index (χ0v) is 44.0. The van der Waals surface area contributed by atoms with Gasteiger partial charge in [0.25, 0.3) is 0 Å². The Morgan fingerprint density at radius 1 is 0.415 bits per heavy atom. The summed E-state index contributed by atoms with van der Waals surface area (Å²) in [5.41, 5.74) is 0. The smallest absolute Gasteiger partial charge is 0.305 e. The van der Waals surface area contributed by atoms with Gasteiger partial charge in [-0.1, -0.05) is 276 Å². The Labute approximate surface area is 406 Å². The molecular weight excluding hydrogens is 803 g/mol. The van der Waals surface area contributed by atoms with Crippen molar-refractivity contribution in [3.63, 3.8) is 0 Å². The van der Waals surface area contributed by atoms with Crippen molar-refractivity contribution in [2.75, 3.05) is 13.2 Å². The van der Waals surface area contributed by atoms with Crippen LogP contribution in [0.5, 0.6) is 0 Å². The van der Waals surface area contributed by atoms with Gasteiger partial charge < -0.3 is 20.3 Å². The molecule has 0 saturated carbocycles. The van der Waals surface area contributed by atoms with Crippen molar-refractivity contribution in [2.45, 2.75) is 341 Å². The van der Waals surface area contributed by atoms with E-state index in [4.69, 9.17) is 4.74 Å². The van der Waals surface area contributed by atoms with Gasteiger partial charge in [0.15, 0.2) is 0 Å². The van der Waals surface area contributed by atoms with Gasteiger partial charge in [-0.15, -0.1) is 0 Å². The quantitative estimate of drug-likeness (QED) is 0.0321. The van der Waals surface area contributed by atoms with Crippen LogP contribution in [0, 0.1) is 0 Å². The number of allylic oxidation sites excluding steroid dienone is 2. The van der Waals surface area contributed by atoms with Gasteiger partial charge in [0, 0.05) is 12.8 Å². The predicted molar refractivity (Wildman–Crippen MR) is 283 cm³/mol. The van der Waals surface area contributed by atoms with Crippen LogP contribution in [-0.2, 0) is 14.3 Å². The average molecular weight is 919 g/mol. The van der Waals surface area contributed by atoms with Crippen LogP contribution in [0.1, 0.15) is 328 Å². The first-order valence-electron chi connectivity index (χ1n) is 29.4. The van der Waals surface area contributed by atoms with Gasteiger partial charge in [-0.3, -0.25) is 9.59 Å². The lowest BCUT2D eigenvalue weighted by atomic mass is 10.0. The van der Waals surface area contributed by atoms with Crippen molar-refractivity contribution >= 4 is 11.9 Å². The minimum Gasteiger partial charge on any atom is -0.466 e. The van der Waals surface area contributed by atoms with Gasteiger partial charge in [0.1, 0.15) is 0 Å². The third-order valence-electron chi connectivity index (χ3n) is 13.8. The molecule has 2 atom stereocenters. The molecule has 386 valence electrons. The van der Waals surface area contributed by atoms with E-state index in [1.807, 2.05) is 0 Å². The highest BCUT2D eigenvalue weighted by Crippen LogP contribution is 2.18. The van der Waals surface area contributed by atoms with Crippen molar-refractivity contribution in [1.82, 2.24) is 5.32 Å². The number of rotatable bonds is 55. The Morgan fingerprint density at radius 2 is 0.723 bits per heavy atom. The third-order valence-corrected chi connectivity index (χ3v) is 13.8. The van der Waals surface area contributed by atoms with Crippen molar-refractivity contribution in [3.05, 3.63) is 12.2 Å². The fourth-order valence-corrected chi connectivity index (χ4v) is 9.28. The molecule has 0 spiro atoms. The summed E-state index contributed by atoms with van der Waals surface area (Å²) in [4.78, 5) is 24.5. The normalized spacial score (nSPS) is 12.6. The summed E-state index contributed by atoms with van der Waals surface area (Å²) in [6, 6.07) is -0.552. The maximum absolute atomic E-state index is 12.5. The van der Waals surface area contributed by atoms with E-state index in [2.05, 4.69) is 31.3 Å². The Bertz CT molecular complexity index is 970. The summed E-state index contributed by atoms with van der Waals surface area (Å²) >= 11 is 0. The van der Waals surface area contributed by atoms with E-state index in [-0.39, 0.29) is 18.5 Å². The van der Waals surface area contributed by atoms with Gasteiger partial charge >= 0.3 is 5.97 Å². The molecule has 0 rings (SSSR count). The van der Waals surface area contributed by atoms with Gasteiger partial charge in [-0.2, -0.15) is 0 Å². The molecular formula is C59H115NO5. The monoisotopic (exact) mass is 918 g/mol. The standard InChI is InChI=1S/C59H115NO5/c1-3-5-7-9-11-13-15-17-19-20-21-25-29-33-37-41-45-49-53-59(64)65-54-50-46-42-38-34-30-26-22-24-28-32-36-40-44-48-52-58(63)60-56(55-61)57(62)51-47-43-39-35-31-27-23-18-16-14-12-10-8-6-4-2/h26,30,56-57,61-62H,3-25,27-29,31-55H2,1-2H3,(H,60,63)/b30-26-. The van der Waals surface area contributed by atoms with E-state index in [0.29, 0.717) is 25.9 Å². The fraction of sp³-hybridized carbons (Fsp3) is 0.932. The second-order valence-corrected chi connectivity index (χ2v) is 20.3. The molecule has 0 bridgehead atoms. The third kappa shape index (κ3) is 51.8. The lowest BCUT2D eigenvalue weighted by molar-refractivity contribution is -0.143. The Hall–Kier alpha value is -1.40. The number of hydrogen-bond acceptors (Lipinski definition) is 5. The summed E-state index contributed by atoms with van der Waals surface area (Å²) in [6.45, 7) is 4.94. The van der Waals surface area contributed by atoms with Gasteiger partial charge in [0.05, 0.1) is 25.4 Å². The number of carbonyl (C=O) groups is 2. The number of ether oxygens (including phenoxy) is 1. The van der Waals surface area contributed by atoms with Crippen LogP contribution in [0.2, 0.25) is 0 Å². The largest absolute Gasteiger partial charge is 0.466 e. The van der Waals surface area contributed by atoms with Crippen LogP contribution in [0.3, 0.4) is 0 Å². The lowest BCUT2D eigenvalue weighted by Crippen LogP contribution is -2.45. The number of hydrogen-bond donors (Lipinski definition) is 3. The number of aliphatic hydroxyl groups is 2. The summed E-state index contributed by atoms with van der Waals surface area (Å²) in [5.74, 6) is -0.0530. The van der Waals surface area contributed by atoms with Gasteiger partial charge in [-0.25, -0.2) is 0 Å². The molecule has 6 nitrogen and oxygen atoms in total. The SMILES string of the molecule is CCCCCCCCCCCCCCCCCCCCC(=O)OCCCCCC/C=C\CCCCCCCCCC(=O)NC(CO)C(O)CCCCCCCCCCCCCCCCC. The van der Waals surface area contributed by atoms with E-state index < -0.39 is 12.1 Å². The number of esters is 1. The first-order valence-corrected chi connectivity index (χ1v) is 29.4. The highest BCUT2D eigenvalue weighted by Gasteiger charge is 2.20. The van der Waals surface area contributed by atoms with Gasteiger partial charge in [0.2, 0.25) is 5.91 Å². The zero-order valence-electron chi connectivity index (χ0n) is 44.0. The molecule has 0 fully saturated rings. The van der Waals surface area contributed by atoms with E-state index in [9.17, 15) is 19.8 Å². The minimum atomic E-state index is -0.673. The number of aliphatic hydroxyl groups excluding tert-OH is 2. The Kier molecular flexibility index (Phi) is 54.0. The average Bonchev–Trinajstić information content (AvgIpc) is 3.31. The topological polar surface area (TPSA) is 95.9 Å². The highest BCUT2D eigenvalue weighted by molar-refractivity contribution is 5.76. The second-order valence-electron chi connectivity index (χ2n) is 20.3. The summed E-state index contributed by atoms with van der Waals surface area (Å²) in [5, 5.41) is 23.3. The number of nitrogens with one attached hydrogen (secondary N) is 1. The molecule has 0 aliphatic rings. The second kappa shape index (κ2) is 55.2. The first kappa shape index (κ1) is 63.6. The molecule has 0 aromatic rings. The van der Waals surface area contributed by atoms with Crippen molar-refractivity contribution in [3.8, 4) is 0 Å². The van der Waals surface area contributed by atoms with Crippen LogP contribution < -0.4 is 5.32 Å². The summed E-state index contributed by atoms with van der Waals surface area (Å²) in [7, 11) is 0. The molecule has 0 saturated heterocycles. The van der Waals surface area contributed by atoms with E-state index >= 15 is 0 Å². The van der Waals surface area contributed by atoms with Crippen LogP contribution in [0.4, 0.5) is 0 Å². The molecule has 0 heterocycles. The number of amides is 1. The maximum atomic E-state index is 12.5. The zero-order chi connectivity index (χ0) is 47.2. The van der Waals surface area contributed by atoms with E-state index in [1.54, 1.807) is 0 Å².